The quantitative estimate of drug-likeness (QED) is 0.161. The fourth-order valence-corrected chi connectivity index (χ4v) is 5.47. The molecule has 2 amide bonds. The highest BCUT2D eigenvalue weighted by atomic mass is 16.5. The molecule has 0 spiro atoms. The van der Waals surface area contributed by atoms with Crippen LogP contribution in [0.4, 0.5) is 11.4 Å². The van der Waals surface area contributed by atoms with E-state index in [1.165, 1.54) is 7.11 Å². The van der Waals surface area contributed by atoms with E-state index in [2.05, 4.69) is 15.4 Å². The minimum Gasteiger partial charge on any atom is -0.481 e. The average Bonchev–Trinajstić information content (AvgIpc) is 3.01. The van der Waals surface area contributed by atoms with E-state index >= 15 is 0 Å². The third-order valence-electron chi connectivity index (χ3n) is 7.89. The second-order valence-electron chi connectivity index (χ2n) is 11.5. The topological polar surface area (TPSA) is 156 Å². The fraction of sp³-hybridized carbons (Fsp3) is 0.486. The predicted molar refractivity (Wildman–Crippen MR) is 171 cm³/mol. The standard InChI is InChI=1S/C18H23NO4.C17H21NO4/c1-23-18(22)9-4-2-3-8-17(21)19-14-10-11-15-13(12-14)6-5-7-16(15)20;19-15-6-4-5-12-11-13(9-10-14(12)15)18-16(20)7-2-1-3-8-17(21)22/h10-12H,2-9H2,1H3,(H,19,21);9-11H,1-8H2,(H,18,20)(H,21,22). The predicted octanol–water partition coefficient (Wildman–Crippen LogP) is 6.45. The van der Waals surface area contributed by atoms with Gasteiger partial charge in [-0.25, -0.2) is 0 Å². The number of carbonyl (C=O) groups excluding carboxylic acids is 5. The van der Waals surface area contributed by atoms with Crippen molar-refractivity contribution in [1.29, 1.82) is 0 Å². The Balaban J connectivity index is 0.000000246. The first-order valence-corrected chi connectivity index (χ1v) is 15.9. The maximum Gasteiger partial charge on any atom is 0.305 e. The third kappa shape index (κ3) is 12.3. The molecule has 45 heavy (non-hydrogen) atoms. The lowest BCUT2D eigenvalue weighted by molar-refractivity contribution is -0.141. The van der Waals surface area contributed by atoms with Crippen LogP contribution in [0.3, 0.4) is 0 Å². The first kappa shape index (κ1) is 35.1. The lowest BCUT2D eigenvalue weighted by Crippen LogP contribution is -2.14. The summed E-state index contributed by atoms with van der Waals surface area (Å²) in [5.41, 5.74) is 5.07. The molecule has 0 aromatic heterocycles. The minimum atomic E-state index is -0.798. The van der Waals surface area contributed by atoms with Gasteiger partial charge in [-0.05, 0) is 98.9 Å². The summed E-state index contributed by atoms with van der Waals surface area (Å²) in [7, 11) is 1.38. The molecule has 2 aliphatic rings. The molecule has 0 unspecified atom stereocenters. The molecule has 0 saturated carbocycles. The molecule has 10 nitrogen and oxygen atoms in total. The number of carboxylic acids is 1. The van der Waals surface area contributed by atoms with E-state index in [4.69, 9.17) is 5.11 Å². The van der Waals surface area contributed by atoms with Gasteiger partial charge in [-0.2, -0.15) is 0 Å². The van der Waals surface area contributed by atoms with E-state index in [0.29, 0.717) is 44.9 Å². The van der Waals surface area contributed by atoms with Gasteiger partial charge in [-0.1, -0.05) is 12.8 Å². The maximum absolute atomic E-state index is 11.9. The van der Waals surface area contributed by atoms with Crippen LogP contribution in [-0.4, -0.2) is 47.5 Å². The number of ketones is 2. The lowest BCUT2D eigenvalue weighted by Gasteiger charge is -2.16. The largest absolute Gasteiger partial charge is 0.481 e. The van der Waals surface area contributed by atoms with Crippen LogP contribution < -0.4 is 10.6 Å². The summed E-state index contributed by atoms with van der Waals surface area (Å²) in [4.78, 5) is 68.6. The van der Waals surface area contributed by atoms with Gasteiger partial charge in [0.05, 0.1) is 7.11 Å². The molecular formula is C35H44N2O8. The number of anilines is 2. The highest BCUT2D eigenvalue weighted by Crippen LogP contribution is 2.25. The molecule has 0 aliphatic heterocycles. The Labute approximate surface area is 264 Å². The number of fused-ring (bicyclic) bond motifs is 2. The minimum absolute atomic E-state index is 0.0369. The molecule has 2 aromatic carbocycles. The van der Waals surface area contributed by atoms with Gasteiger partial charge in [0.15, 0.2) is 11.6 Å². The number of amides is 2. The van der Waals surface area contributed by atoms with Gasteiger partial charge in [-0.15, -0.1) is 0 Å². The normalized spacial score (nSPS) is 13.4. The SMILES string of the molecule is COC(=O)CCCCCC(=O)Nc1ccc2c(c1)CCCC2=O.O=C(O)CCCCCC(=O)Nc1ccc2c(c1)CCCC2=O. The van der Waals surface area contributed by atoms with Crippen LogP contribution in [0.5, 0.6) is 0 Å². The van der Waals surface area contributed by atoms with E-state index in [9.17, 15) is 28.8 Å². The van der Waals surface area contributed by atoms with Crippen LogP contribution in [0.25, 0.3) is 0 Å². The zero-order valence-corrected chi connectivity index (χ0v) is 26.1. The highest BCUT2D eigenvalue weighted by molar-refractivity contribution is 6.00. The number of aliphatic carboxylic acids is 1. The Kier molecular flexibility index (Phi) is 14.4. The summed E-state index contributed by atoms with van der Waals surface area (Å²) in [5, 5.41) is 14.2. The van der Waals surface area contributed by atoms with Crippen molar-refractivity contribution in [3.63, 3.8) is 0 Å². The van der Waals surface area contributed by atoms with E-state index in [-0.39, 0.29) is 35.8 Å². The van der Waals surface area contributed by atoms with Gasteiger partial charge >= 0.3 is 11.9 Å². The number of esters is 1. The molecule has 0 bridgehead atoms. The number of methoxy groups -OCH3 is 1. The molecule has 0 atom stereocenters. The Bertz CT molecular complexity index is 1380. The number of carbonyl (C=O) groups is 6. The molecule has 242 valence electrons. The Morgan fingerprint density at radius 1 is 0.644 bits per heavy atom. The van der Waals surface area contributed by atoms with E-state index in [1.54, 1.807) is 18.2 Å². The zero-order valence-electron chi connectivity index (χ0n) is 26.1. The van der Waals surface area contributed by atoms with Crippen LogP contribution >= 0.6 is 0 Å². The summed E-state index contributed by atoms with van der Waals surface area (Å²) in [6.45, 7) is 0. The molecule has 0 radical (unpaired) electrons. The van der Waals surface area contributed by atoms with E-state index in [1.807, 2.05) is 18.2 Å². The van der Waals surface area contributed by atoms with Crippen LogP contribution in [0.2, 0.25) is 0 Å². The van der Waals surface area contributed by atoms with Gasteiger partial charge in [-0.3, -0.25) is 28.8 Å². The van der Waals surface area contributed by atoms with Crippen molar-refractivity contribution >= 4 is 46.7 Å². The molecule has 0 fully saturated rings. The molecular weight excluding hydrogens is 576 g/mol. The molecule has 2 aromatic rings. The zero-order chi connectivity index (χ0) is 32.6. The first-order chi connectivity index (χ1) is 21.7. The Hall–Kier alpha value is -4.34. The van der Waals surface area contributed by atoms with Crippen molar-refractivity contribution in [2.75, 3.05) is 17.7 Å². The van der Waals surface area contributed by atoms with Crippen LogP contribution in [0.1, 0.15) is 122 Å². The highest BCUT2D eigenvalue weighted by Gasteiger charge is 2.18. The number of carboxylic acid groups (broad SMARTS) is 1. The number of Topliss-reactive ketones (excluding diaryl/α,β-unsaturated/α-hetero) is 2. The number of hydrogen-bond acceptors (Lipinski definition) is 7. The van der Waals surface area contributed by atoms with Crippen LogP contribution in [0, 0.1) is 0 Å². The lowest BCUT2D eigenvalue weighted by atomic mass is 9.90. The number of benzene rings is 2. The summed E-state index contributed by atoms with van der Waals surface area (Å²) in [6.07, 6.45) is 10.4. The monoisotopic (exact) mass is 620 g/mol. The van der Waals surface area contributed by atoms with Gasteiger partial charge in [0.2, 0.25) is 11.8 Å². The van der Waals surface area contributed by atoms with Crippen LogP contribution in [0.15, 0.2) is 36.4 Å². The second kappa shape index (κ2) is 18.5. The Morgan fingerprint density at radius 2 is 1.09 bits per heavy atom. The maximum atomic E-state index is 11.9. The van der Waals surface area contributed by atoms with Gasteiger partial charge < -0.3 is 20.5 Å². The van der Waals surface area contributed by atoms with Crippen molar-refractivity contribution in [3.05, 3.63) is 58.7 Å². The van der Waals surface area contributed by atoms with Gasteiger partial charge in [0, 0.05) is 61.0 Å². The molecule has 0 heterocycles. The number of ether oxygens (including phenoxy) is 1. The summed E-state index contributed by atoms with van der Waals surface area (Å²) < 4.78 is 4.57. The van der Waals surface area contributed by atoms with Crippen molar-refractivity contribution < 1.29 is 38.6 Å². The average molecular weight is 621 g/mol. The van der Waals surface area contributed by atoms with Gasteiger partial charge in [0.1, 0.15) is 0 Å². The second-order valence-corrected chi connectivity index (χ2v) is 11.5. The van der Waals surface area contributed by atoms with Crippen molar-refractivity contribution in [2.45, 2.75) is 103 Å². The first-order valence-electron chi connectivity index (χ1n) is 15.9. The van der Waals surface area contributed by atoms with E-state index in [0.717, 1.165) is 85.0 Å². The molecule has 10 heteroatoms. The molecule has 4 rings (SSSR count). The Morgan fingerprint density at radius 3 is 1.53 bits per heavy atom. The van der Waals surface area contributed by atoms with Crippen molar-refractivity contribution in [1.82, 2.24) is 0 Å². The molecule has 0 saturated heterocycles. The smallest absolute Gasteiger partial charge is 0.305 e. The van der Waals surface area contributed by atoms with Crippen LogP contribution in [-0.2, 0) is 36.8 Å². The van der Waals surface area contributed by atoms with E-state index < -0.39 is 5.97 Å². The summed E-state index contributed by atoms with van der Waals surface area (Å²) >= 11 is 0. The van der Waals surface area contributed by atoms with Crippen molar-refractivity contribution in [2.24, 2.45) is 0 Å². The molecule has 3 N–H and O–H groups in total. The third-order valence-corrected chi connectivity index (χ3v) is 7.89. The van der Waals surface area contributed by atoms with Crippen molar-refractivity contribution in [3.8, 4) is 0 Å². The number of hydrogen-bond donors (Lipinski definition) is 3. The number of unbranched alkanes of at least 4 members (excludes halogenated alkanes) is 4. The number of rotatable bonds is 14. The molecule has 2 aliphatic carbocycles. The number of nitrogens with one attached hydrogen (secondary N) is 2. The summed E-state index contributed by atoms with van der Waals surface area (Å²) in [6, 6.07) is 10.9. The fourth-order valence-electron chi connectivity index (χ4n) is 5.47. The number of aryl methyl sites for hydroxylation is 2. The van der Waals surface area contributed by atoms with Gasteiger partial charge in [0.25, 0.3) is 0 Å². The summed E-state index contributed by atoms with van der Waals surface area (Å²) in [5.74, 6) is -0.749.